The zero-order valence-corrected chi connectivity index (χ0v) is 18.0. The normalized spacial score (nSPS) is 22.9. The van der Waals surface area contributed by atoms with Gasteiger partial charge in [0.1, 0.15) is 22.9 Å². The second kappa shape index (κ2) is 8.26. The Labute approximate surface area is 186 Å². The number of pyridine rings is 1. The minimum atomic E-state index is -0.414. The smallest absolute Gasteiger partial charge is 0.415 e. The first-order chi connectivity index (χ1) is 15.5. The largest absolute Gasteiger partial charge is 0.441 e. The molecule has 0 radical (unpaired) electrons. The van der Waals surface area contributed by atoms with Crippen LogP contribution >= 0.6 is 0 Å². The van der Waals surface area contributed by atoms with Crippen LogP contribution in [0.25, 0.3) is 5.69 Å². The van der Waals surface area contributed by atoms with Crippen molar-refractivity contribution < 1.29 is 13.9 Å². The summed E-state index contributed by atoms with van der Waals surface area (Å²) >= 11 is 0. The standard InChI is InChI=1S/C24H26FN5O2/c1-17-20(7-4-13-26-17)29-16-24(32-23(29)31)11-8-18(9-12-24)15-27-22-10-14-30(28-22)21-6-3-2-5-19(21)25/h2-7,10,13-14,18H,8-9,11-12,15-16H2,1H3,(H,27,28)/t18-,24-. The monoisotopic (exact) mass is 435 g/mol. The Bertz CT molecular complexity index is 1120. The quantitative estimate of drug-likeness (QED) is 0.628. The van der Waals surface area contributed by atoms with Gasteiger partial charge < -0.3 is 10.1 Å². The van der Waals surface area contributed by atoms with Crippen molar-refractivity contribution in [1.82, 2.24) is 14.8 Å². The number of nitrogens with zero attached hydrogens (tertiary/aromatic N) is 4. The van der Waals surface area contributed by atoms with Gasteiger partial charge in [0.25, 0.3) is 0 Å². The number of ether oxygens (including phenoxy) is 1. The van der Waals surface area contributed by atoms with Gasteiger partial charge in [0.2, 0.25) is 0 Å². The third kappa shape index (κ3) is 3.92. The van der Waals surface area contributed by atoms with E-state index >= 15 is 0 Å². The molecule has 3 aromatic rings. The molecule has 2 aromatic heterocycles. The predicted octanol–water partition coefficient (Wildman–Crippen LogP) is 4.71. The molecule has 2 aliphatic rings. The Hall–Kier alpha value is -3.42. The number of aromatic nitrogens is 3. The average molecular weight is 436 g/mol. The Morgan fingerprint density at radius 1 is 1.16 bits per heavy atom. The molecule has 5 rings (SSSR count). The van der Waals surface area contributed by atoms with Crippen LogP contribution in [0.3, 0.4) is 0 Å². The molecule has 166 valence electrons. The fourth-order valence-corrected chi connectivity index (χ4v) is 4.68. The van der Waals surface area contributed by atoms with Gasteiger partial charge in [0, 0.05) is 25.0 Å². The lowest BCUT2D eigenvalue weighted by molar-refractivity contribution is 0.0148. The van der Waals surface area contributed by atoms with Crippen LogP contribution in [0.15, 0.2) is 54.9 Å². The molecule has 0 atom stereocenters. The first-order valence-electron chi connectivity index (χ1n) is 11.0. The molecule has 1 spiro atoms. The van der Waals surface area contributed by atoms with Gasteiger partial charge in [0.05, 0.1) is 17.9 Å². The molecule has 1 saturated carbocycles. The number of aryl methyl sites for hydroxylation is 1. The molecule has 8 heteroatoms. The van der Waals surface area contributed by atoms with Gasteiger partial charge in [-0.15, -0.1) is 0 Å². The van der Waals surface area contributed by atoms with Crippen molar-refractivity contribution in [1.29, 1.82) is 0 Å². The Morgan fingerprint density at radius 2 is 1.94 bits per heavy atom. The zero-order valence-electron chi connectivity index (χ0n) is 18.0. The number of halogens is 1. The van der Waals surface area contributed by atoms with Crippen LogP contribution in [0.4, 0.5) is 20.7 Å². The van der Waals surface area contributed by atoms with Crippen LogP contribution < -0.4 is 10.2 Å². The minimum absolute atomic E-state index is 0.281. The number of rotatable bonds is 5. The van der Waals surface area contributed by atoms with E-state index in [0.717, 1.165) is 49.4 Å². The number of nitrogens with one attached hydrogen (secondary N) is 1. The molecule has 1 aliphatic carbocycles. The Morgan fingerprint density at radius 3 is 2.72 bits per heavy atom. The average Bonchev–Trinajstić information content (AvgIpc) is 3.39. The molecule has 7 nitrogen and oxygen atoms in total. The van der Waals surface area contributed by atoms with Crippen molar-refractivity contribution in [2.24, 2.45) is 5.92 Å². The van der Waals surface area contributed by atoms with Gasteiger partial charge in [-0.25, -0.2) is 13.9 Å². The molecule has 0 unspecified atom stereocenters. The van der Waals surface area contributed by atoms with E-state index in [1.54, 1.807) is 40.2 Å². The number of hydrogen-bond donors (Lipinski definition) is 1. The van der Waals surface area contributed by atoms with Gasteiger partial charge in [-0.3, -0.25) is 9.88 Å². The first kappa shape index (κ1) is 20.5. The van der Waals surface area contributed by atoms with Crippen molar-refractivity contribution in [3.05, 3.63) is 66.4 Å². The van der Waals surface area contributed by atoms with Crippen molar-refractivity contribution in [2.45, 2.75) is 38.2 Å². The molecular weight excluding hydrogens is 409 g/mol. The molecule has 2 fully saturated rings. The summed E-state index contributed by atoms with van der Waals surface area (Å²) in [6.07, 6.45) is 6.81. The Balaban J connectivity index is 1.16. The summed E-state index contributed by atoms with van der Waals surface area (Å²) < 4.78 is 21.4. The number of para-hydroxylation sites is 1. The van der Waals surface area contributed by atoms with E-state index in [2.05, 4.69) is 15.4 Å². The van der Waals surface area contributed by atoms with Crippen LogP contribution in [-0.2, 0) is 4.74 Å². The van der Waals surface area contributed by atoms with E-state index in [0.29, 0.717) is 18.2 Å². The highest BCUT2D eigenvalue weighted by molar-refractivity contribution is 5.90. The summed E-state index contributed by atoms with van der Waals surface area (Å²) in [4.78, 5) is 18.6. The predicted molar refractivity (Wildman–Crippen MR) is 120 cm³/mol. The first-order valence-corrected chi connectivity index (χ1v) is 11.0. The third-order valence-electron chi connectivity index (χ3n) is 6.52. The third-order valence-corrected chi connectivity index (χ3v) is 6.52. The van der Waals surface area contributed by atoms with E-state index in [4.69, 9.17) is 4.74 Å². The van der Waals surface area contributed by atoms with E-state index in [9.17, 15) is 9.18 Å². The molecule has 1 aliphatic heterocycles. The van der Waals surface area contributed by atoms with E-state index in [1.807, 2.05) is 25.1 Å². The lowest BCUT2D eigenvalue weighted by atomic mass is 9.78. The molecule has 32 heavy (non-hydrogen) atoms. The van der Waals surface area contributed by atoms with Crippen molar-refractivity contribution in [3.63, 3.8) is 0 Å². The molecule has 0 bridgehead atoms. The number of carbonyl (C=O) groups is 1. The number of carbonyl (C=O) groups excluding carboxylic acids is 1. The maximum atomic E-state index is 14.0. The van der Waals surface area contributed by atoms with Gasteiger partial charge in [-0.1, -0.05) is 12.1 Å². The van der Waals surface area contributed by atoms with Crippen LogP contribution in [-0.4, -0.2) is 39.5 Å². The fourth-order valence-electron chi connectivity index (χ4n) is 4.68. The summed E-state index contributed by atoms with van der Waals surface area (Å²) in [5.74, 6) is 0.882. The molecule has 1 N–H and O–H groups in total. The topological polar surface area (TPSA) is 72.3 Å². The summed E-state index contributed by atoms with van der Waals surface area (Å²) in [5, 5.41) is 7.82. The van der Waals surface area contributed by atoms with Crippen molar-refractivity contribution >= 4 is 17.6 Å². The number of benzene rings is 1. The second-order valence-electron chi connectivity index (χ2n) is 8.67. The van der Waals surface area contributed by atoms with Crippen LogP contribution in [0.2, 0.25) is 0 Å². The zero-order chi connectivity index (χ0) is 22.1. The molecule has 1 amide bonds. The van der Waals surface area contributed by atoms with Crippen LogP contribution in [0.5, 0.6) is 0 Å². The van der Waals surface area contributed by atoms with E-state index in [-0.39, 0.29) is 11.9 Å². The van der Waals surface area contributed by atoms with Crippen LogP contribution in [0, 0.1) is 18.7 Å². The lowest BCUT2D eigenvalue weighted by Gasteiger charge is -2.35. The molecule has 1 saturated heterocycles. The van der Waals surface area contributed by atoms with E-state index in [1.165, 1.54) is 6.07 Å². The summed E-state index contributed by atoms with van der Waals surface area (Å²) in [6, 6.07) is 12.2. The maximum Gasteiger partial charge on any atom is 0.415 e. The highest BCUT2D eigenvalue weighted by Gasteiger charge is 2.47. The van der Waals surface area contributed by atoms with Gasteiger partial charge in [-0.05, 0) is 62.8 Å². The van der Waals surface area contributed by atoms with Crippen LogP contribution in [0.1, 0.15) is 31.4 Å². The molecule has 1 aromatic carbocycles. The summed E-state index contributed by atoms with van der Waals surface area (Å²) in [5.41, 5.74) is 1.66. The summed E-state index contributed by atoms with van der Waals surface area (Å²) in [6.45, 7) is 3.26. The highest BCUT2D eigenvalue weighted by atomic mass is 19.1. The number of hydrogen-bond acceptors (Lipinski definition) is 5. The SMILES string of the molecule is Cc1ncccc1N1C[C@]2(CC[C@@H](CNc3ccn(-c4ccccc4F)n3)CC2)OC1=O. The molecule has 3 heterocycles. The second-order valence-corrected chi connectivity index (χ2v) is 8.67. The van der Waals surface area contributed by atoms with Gasteiger partial charge >= 0.3 is 6.09 Å². The fraction of sp³-hybridized carbons (Fsp3) is 0.375. The maximum absolute atomic E-state index is 14.0. The number of amides is 1. The lowest BCUT2D eigenvalue weighted by Crippen LogP contribution is -2.39. The van der Waals surface area contributed by atoms with Crippen molar-refractivity contribution in [2.75, 3.05) is 23.3 Å². The molecular formula is C24H26FN5O2. The van der Waals surface area contributed by atoms with E-state index < -0.39 is 5.60 Å². The minimum Gasteiger partial charge on any atom is -0.441 e. The van der Waals surface area contributed by atoms with Crippen molar-refractivity contribution in [3.8, 4) is 5.69 Å². The van der Waals surface area contributed by atoms with Gasteiger partial charge in [0.15, 0.2) is 0 Å². The number of anilines is 2. The Kier molecular flexibility index (Phi) is 5.28. The van der Waals surface area contributed by atoms with Gasteiger partial charge in [-0.2, -0.15) is 5.10 Å². The highest BCUT2D eigenvalue weighted by Crippen LogP contribution is 2.41. The summed E-state index contributed by atoms with van der Waals surface area (Å²) in [7, 11) is 0.